The van der Waals surface area contributed by atoms with E-state index in [9.17, 15) is 14.0 Å². The highest BCUT2D eigenvalue weighted by Gasteiger charge is 2.16. The minimum absolute atomic E-state index is 0.0532. The fourth-order valence-corrected chi connectivity index (χ4v) is 3.30. The Kier molecular flexibility index (Phi) is 5.23. The van der Waals surface area contributed by atoms with E-state index in [4.69, 9.17) is 4.74 Å². The number of amides is 2. The Morgan fingerprint density at radius 3 is 2.92 bits per heavy atom. The summed E-state index contributed by atoms with van der Waals surface area (Å²) in [6, 6.07) is 10.1. The molecular weight excluding hydrogens is 343 g/mol. The van der Waals surface area contributed by atoms with E-state index in [0.29, 0.717) is 23.5 Å². The normalized spacial score (nSPS) is 13.0. The molecule has 2 aromatic carbocycles. The molecule has 2 N–H and O–H groups in total. The largest absolute Gasteiger partial charge is 0.494 e. The summed E-state index contributed by atoms with van der Waals surface area (Å²) in [6.45, 7) is 0. The van der Waals surface area contributed by atoms with Crippen molar-refractivity contribution in [1.82, 2.24) is 0 Å². The molecule has 5 nitrogen and oxygen atoms in total. The molecule has 7 heteroatoms. The van der Waals surface area contributed by atoms with Crippen LogP contribution in [0.25, 0.3) is 0 Å². The molecule has 0 aromatic heterocycles. The van der Waals surface area contributed by atoms with Gasteiger partial charge in [0.15, 0.2) is 11.6 Å². The lowest BCUT2D eigenvalue weighted by Crippen LogP contribution is -2.19. The first-order valence-corrected chi connectivity index (χ1v) is 8.72. The van der Waals surface area contributed by atoms with Crippen molar-refractivity contribution in [2.24, 2.45) is 0 Å². The van der Waals surface area contributed by atoms with Gasteiger partial charge in [-0.2, -0.15) is 0 Å². The monoisotopic (exact) mass is 360 g/mol. The summed E-state index contributed by atoms with van der Waals surface area (Å²) in [5.74, 6) is -0.0871. The van der Waals surface area contributed by atoms with Gasteiger partial charge in [0.25, 0.3) is 0 Å². The standard InChI is InChI=1S/C18H17FN2O3S/c1-24-15-5-2-11(8-13(15)19)3-7-17(22)20-12-4-6-16-14(9-12)21-18(23)10-25-16/h2,4-6,8-9H,3,7,10H2,1H3,(H,20,22)(H,21,23). The first kappa shape index (κ1) is 17.3. The highest BCUT2D eigenvalue weighted by Crippen LogP contribution is 2.33. The molecule has 0 atom stereocenters. The van der Waals surface area contributed by atoms with Crippen LogP contribution in [0.15, 0.2) is 41.3 Å². The molecular formula is C18H17FN2O3S. The SMILES string of the molecule is COc1ccc(CCC(=O)Nc2ccc3c(c2)NC(=O)CS3)cc1F. The van der Waals surface area contributed by atoms with Gasteiger partial charge in [0.2, 0.25) is 11.8 Å². The van der Waals surface area contributed by atoms with Gasteiger partial charge in [0.05, 0.1) is 18.6 Å². The molecule has 2 aromatic rings. The Bertz CT molecular complexity index is 826. The maximum Gasteiger partial charge on any atom is 0.234 e. The number of benzene rings is 2. The topological polar surface area (TPSA) is 67.4 Å². The maximum absolute atomic E-state index is 13.7. The van der Waals surface area contributed by atoms with Crippen LogP contribution in [0, 0.1) is 5.82 Å². The molecule has 1 aliphatic heterocycles. The Morgan fingerprint density at radius 1 is 1.32 bits per heavy atom. The first-order valence-electron chi connectivity index (χ1n) is 7.74. The lowest BCUT2D eigenvalue weighted by atomic mass is 10.1. The Balaban J connectivity index is 1.58. The number of thioether (sulfide) groups is 1. The molecule has 0 aliphatic carbocycles. The number of fused-ring (bicyclic) bond motifs is 1. The number of carbonyl (C=O) groups excluding carboxylic acids is 2. The van der Waals surface area contributed by atoms with Gasteiger partial charge < -0.3 is 15.4 Å². The van der Waals surface area contributed by atoms with E-state index < -0.39 is 5.82 Å². The average molecular weight is 360 g/mol. The first-order chi connectivity index (χ1) is 12.0. The number of hydrogen-bond donors (Lipinski definition) is 2. The number of carbonyl (C=O) groups is 2. The fraction of sp³-hybridized carbons (Fsp3) is 0.222. The molecule has 1 heterocycles. The smallest absolute Gasteiger partial charge is 0.234 e. The van der Waals surface area contributed by atoms with Crippen molar-refractivity contribution in [2.75, 3.05) is 23.5 Å². The van der Waals surface area contributed by atoms with E-state index in [1.54, 1.807) is 24.3 Å². The van der Waals surface area contributed by atoms with Crippen LogP contribution >= 0.6 is 11.8 Å². The van der Waals surface area contributed by atoms with Crippen molar-refractivity contribution in [3.8, 4) is 5.75 Å². The van der Waals surface area contributed by atoms with Crippen LogP contribution in [0.1, 0.15) is 12.0 Å². The highest BCUT2D eigenvalue weighted by molar-refractivity contribution is 8.00. The molecule has 3 rings (SSSR count). The molecule has 0 saturated heterocycles. The number of aryl methyl sites for hydroxylation is 1. The third-order valence-electron chi connectivity index (χ3n) is 3.75. The summed E-state index contributed by atoms with van der Waals surface area (Å²) in [7, 11) is 1.41. The quantitative estimate of drug-likeness (QED) is 0.857. The Labute approximate surface area is 148 Å². The van der Waals surface area contributed by atoms with Crippen LogP contribution in [0.4, 0.5) is 15.8 Å². The zero-order valence-corrected chi connectivity index (χ0v) is 14.4. The van der Waals surface area contributed by atoms with Gasteiger partial charge in [-0.05, 0) is 42.3 Å². The zero-order chi connectivity index (χ0) is 17.8. The molecule has 0 radical (unpaired) electrons. The van der Waals surface area contributed by atoms with Crippen molar-refractivity contribution >= 4 is 35.0 Å². The molecule has 130 valence electrons. The number of methoxy groups -OCH3 is 1. The van der Waals surface area contributed by atoms with Crippen molar-refractivity contribution < 1.29 is 18.7 Å². The second-order valence-electron chi connectivity index (χ2n) is 5.56. The second kappa shape index (κ2) is 7.57. The van der Waals surface area contributed by atoms with Crippen molar-refractivity contribution in [1.29, 1.82) is 0 Å². The third-order valence-corrected chi connectivity index (χ3v) is 4.83. The molecule has 0 fully saturated rings. The highest BCUT2D eigenvalue weighted by atomic mass is 32.2. The fourth-order valence-electron chi connectivity index (χ4n) is 2.51. The van der Waals surface area contributed by atoms with Crippen LogP contribution < -0.4 is 15.4 Å². The molecule has 0 bridgehead atoms. The predicted octanol–water partition coefficient (Wildman–Crippen LogP) is 3.45. The summed E-state index contributed by atoms with van der Waals surface area (Å²) < 4.78 is 18.5. The molecule has 0 spiro atoms. The van der Waals surface area contributed by atoms with Gasteiger partial charge in [0.1, 0.15) is 0 Å². The van der Waals surface area contributed by atoms with Gasteiger partial charge in [-0.1, -0.05) is 6.07 Å². The van der Waals surface area contributed by atoms with E-state index in [-0.39, 0.29) is 24.0 Å². The average Bonchev–Trinajstić information content (AvgIpc) is 2.59. The van der Waals surface area contributed by atoms with Crippen molar-refractivity contribution in [3.05, 3.63) is 47.8 Å². The lowest BCUT2D eigenvalue weighted by molar-refractivity contribution is -0.116. The summed E-state index contributed by atoms with van der Waals surface area (Å²) >= 11 is 1.47. The number of hydrogen-bond acceptors (Lipinski definition) is 4. The summed E-state index contributed by atoms with van der Waals surface area (Å²) in [5.41, 5.74) is 2.05. The predicted molar refractivity (Wildman–Crippen MR) is 95.7 cm³/mol. The van der Waals surface area contributed by atoms with Crippen LogP contribution in [-0.2, 0) is 16.0 Å². The summed E-state index contributed by atoms with van der Waals surface area (Å²) in [4.78, 5) is 24.5. The Hall–Kier alpha value is -2.54. The summed E-state index contributed by atoms with van der Waals surface area (Å²) in [6.07, 6.45) is 0.647. The molecule has 1 aliphatic rings. The molecule has 0 saturated carbocycles. The Morgan fingerprint density at radius 2 is 2.16 bits per heavy atom. The van der Waals surface area contributed by atoms with E-state index in [1.807, 2.05) is 6.07 Å². The van der Waals surface area contributed by atoms with Crippen LogP contribution in [0.5, 0.6) is 5.75 Å². The van der Waals surface area contributed by atoms with Crippen molar-refractivity contribution in [3.63, 3.8) is 0 Å². The van der Waals surface area contributed by atoms with Gasteiger partial charge in [0, 0.05) is 17.0 Å². The van der Waals surface area contributed by atoms with Gasteiger partial charge in [-0.25, -0.2) is 4.39 Å². The minimum Gasteiger partial charge on any atom is -0.494 e. The lowest BCUT2D eigenvalue weighted by Gasteiger charge is -2.17. The molecule has 0 unspecified atom stereocenters. The van der Waals surface area contributed by atoms with E-state index in [0.717, 1.165) is 10.5 Å². The zero-order valence-electron chi connectivity index (χ0n) is 13.6. The van der Waals surface area contributed by atoms with Gasteiger partial charge in [-0.15, -0.1) is 11.8 Å². The van der Waals surface area contributed by atoms with Crippen LogP contribution in [-0.4, -0.2) is 24.7 Å². The number of halogens is 1. The number of ether oxygens (including phenoxy) is 1. The van der Waals surface area contributed by atoms with Gasteiger partial charge in [-0.3, -0.25) is 9.59 Å². The van der Waals surface area contributed by atoms with Crippen molar-refractivity contribution in [2.45, 2.75) is 17.7 Å². The maximum atomic E-state index is 13.7. The van der Waals surface area contributed by atoms with Crippen LogP contribution in [0.3, 0.4) is 0 Å². The number of anilines is 2. The third kappa shape index (κ3) is 4.30. The second-order valence-corrected chi connectivity index (χ2v) is 6.58. The number of nitrogens with one attached hydrogen (secondary N) is 2. The molecule has 2 amide bonds. The summed E-state index contributed by atoms with van der Waals surface area (Å²) in [5, 5.41) is 5.58. The van der Waals surface area contributed by atoms with E-state index >= 15 is 0 Å². The van der Waals surface area contributed by atoms with E-state index in [1.165, 1.54) is 24.9 Å². The van der Waals surface area contributed by atoms with E-state index in [2.05, 4.69) is 10.6 Å². The number of rotatable bonds is 5. The van der Waals surface area contributed by atoms with Crippen LogP contribution in [0.2, 0.25) is 0 Å². The van der Waals surface area contributed by atoms with Gasteiger partial charge >= 0.3 is 0 Å². The minimum atomic E-state index is -0.441. The molecule has 25 heavy (non-hydrogen) atoms.